The lowest BCUT2D eigenvalue weighted by Crippen LogP contribution is -2.40. The van der Waals surface area contributed by atoms with Crippen LogP contribution in [0, 0.1) is 0 Å². The molecule has 0 heterocycles. The molecule has 2 nitrogen and oxygen atoms in total. The Morgan fingerprint density at radius 3 is 2.47 bits per heavy atom. The van der Waals surface area contributed by atoms with Gasteiger partial charge in [-0.2, -0.15) is 0 Å². The van der Waals surface area contributed by atoms with E-state index in [1.165, 1.54) is 18.4 Å². The Labute approximate surface area is 124 Å². The van der Waals surface area contributed by atoms with Crippen molar-refractivity contribution in [2.75, 3.05) is 0 Å². The van der Waals surface area contributed by atoms with E-state index in [2.05, 4.69) is 51.6 Å². The maximum absolute atomic E-state index is 11.8. The van der Waals surface area contributed by atoms with Crippen molar-refractivity contribution in [1.82, 2.24) is 5.32 Å². The minimum absolute atomic E-state index is 0.0423. The zero-order valence-electron chi connectivity index (χ0n) is 11.4. The van der Waals surface area contributed by atoms with Crippen molar-refractivity contribution in [3.63, 3.8) is 0 Å². The Bertz CT molecular complexity index is 398. The summed E-state index contributed by atoms with van der Waals surface area (Å²) in [4.78, 5) is 11.8. The molecule has 1 saturated carbocycles. The first kappa shape index (κ1) is 14.6. The summed E-state index contributed by atoms with van der Waals surface area (Å²) >= 11 is 3.41. The fourth-order valence-electron chi connectivity index (χ4n) is 2.77. The van der Waals surface area contributed by atoms with Crippen LogP contribution in [0.3, 0.4) is 0 Å². The van der Waals surface area contributed by atoms with Crippen LogP contribution < -0.4 is 5.32 Å². The van der Waals surface area contributed by atoms with E-state index in [1.807, 2.05) is 6.92 Å². The quantitative estimate of drug-likeness (QED) is 0.833. The van der Waals surface area contributed by atoms with E-state index in [1.54, 1.807) is 0 Å². The van der Waals surface area contributed by atoms with Crippen molar-refractivity contribution >= 4 is 21.8 Å². The third-order valence-electron chi connectivity index (χ3n) is 3.99. The molecule has 1 N–H and O–H groups in total. The molecule has 1 aromatic carbocycles. The van der Waals surface area contributed by atoms with Crippen LogP contribution in [0.5, 0.6) is 0 Å². The molecule has 0 spiro atoms. The molecule has 19 heavy (non-hydrogen) atoms. The standard InChI is InChI=1S/C16H22BrNO/c1-2-15(17)16(19)18-14-10-8-13(9-11-14)12-6-4-3-5-7-12/h3-7,13-15H,2,8-11H2,1H3,(H,18,19). The summed E-state index contributed by atoms with van der Waals surface area (Å²) in [7, 11) is 0. The highest BCUT2D eigenvalue weighted by Gasteiger charge is 2.24. The smallest absolute Gasteiger partial charge is 0.233 e. The molecule has 0 aromatic heterocycles. The molecule has 3 heteroatoms. The number of hydrogen-bond donors (Lipinski definition) is 1. The van der Waals surface area contributed by atoms with Gasteiger partial charge in [0, 0.05) is 6.04 Å². The van der Waals surface area contributed by atoms with Crippen molar-refractivity contribution in [1.29, 1.82) is 0 Å². The summed E-state index contributed by atoms with van der Waals surface area (Å²) in [5.41, 5.74) is 1.44. The fourth-order valence-corrected chi connectivity index (χ4v) is 2.91. The normalized spacial score (nSPS) is 24.7. The number of nitrogens with one attached hydrogen (secondary N) is 1. The van der Waals surface area contributed by atoms with Crippen molar-refractivity contribution < 1.29 is 4.79 Å². The molecule has 1 unspecified atom stereocenters. The van der Waals surface area contributed by atoms with Gasteiger partial charge in [-0.05, 0) is 43.6 Å². The molecular weight excluding hydrogens is 302 g/mol. The highest BCUT2D eigenvalue weighted by molar-refractivity contribution is 9.10. The van der Waals surface area contributed by atoms with Gasteiger partial charge in [0.2, 0.25) is 5.91 Å². The van der Waals surface area contributed by atoms with Crippen LogP contribution in [0.15, 0.2) is 30.3 Å². The lowest BCUT2D eigenvalue weighted by Gasteiger charge is -2.29. The average Bonchev–Trinajstić information content (AvgIpc) is 2.48. The Kier molecular flexibility index (Phi) is 5.44. The van der Waals surface area contributed by atoms with Gasteiger partial charge in [-0.25, -0.2) is 0 Å². The Morgan fingerprint density at radius 1 is 1.26 bits per heavy atom. The molecule has 2 rings (SSSR count). The van der Waals surface area contributed by atoms with Gasteiger partial charge >= 0.3 is 0 Å². The van der Waals surface area contributed by atoms with E-state index in [0.717, 1.165) is 19.3 Å². The van der Waals surface area contributed by atoms with Gasteiger partial charge in [0.15, 0.2) is 0 Å². The number of amides is 1. The SMILES string of the molecule is CCC(Br)C(=O)NC1CCC(c2ccccc2)CC1. The first-order valence-corrected chi connectivity index (χ1v) is 8.11. The van der Waals surface area contributed by atoms with Crippen LogP contribution >= 0.6 is 15.9 Å². The topological polar surface area (TPSA) is 29.1 Å². The van der Waals surface area contributed by atoms with Crippen LogP contribution in [0.4, 0.5) is 0 Å². The summed E-state index contributed by atoms with van der Waals surface area (Å²) < 4.78 is 0. The number of alkyl halides is 1. The van der Waals surface area contributed by atoms with E-state index in [0.29, 0.717) is 12.0 Å². The summed E-state index contributed by atoms with van der Waals surface area (Å²) in [6.07, 6.45) is 5.37. The summed E-state index contributed by atoms with van der Waals surface area (Å²) in [5.74, 6) is 0.811. The molecule has 1 fully saturated rings. The van der Waals surface area contributed by atoms with Crippen LogP contribution in [0.25, 0.3) is 0 Å². The van der Waals surface area contributed by atoms with Crippen molar-refractivity contribution in [2.45, 2.75) is 55.8 Å². The highest BCUT2D eigenvalue weighted by atomic mass is 79.9. The second-order valence-corrected chi connectivity index (χ2v) is 6.45. The van der Waals surface area contributed by atoms with E-state index >= 15 is 0 Å². The molecule has 0 radical (unpaired) electrons. The third kappa shape index (κ3) is 4.07. The molecule has 1 aromatic rings. The minimum atomic E-state index is -0.0423. The van der Waals surface area contributed by atoms with Gasteiger partial charge in [-0.3, -0.25) is 4.79 Å². The molecule has 1 aliphatic rings. The number of carbonyl (C=O) groups is 1. The summed E-state index contributed by atoms with van der Waals surface area (Å²) in [6.45, 7) is 2.02. The maximum atomic E-state index is 11.8. The number of halogens is 1. The monoisotopic (exact) mass is 323 g/mol. The number of hydrogen-bond acceptors (Lipinski definition) is 1. The van der Waals surface area contributed by atoms with Crippen molar-refractivity contribution in [2.24, 2.45) is 0 Å². The molecule has 1 amide bonds. The van der Waals surface area contributed by atoms with Crippen LogP contribution in [0.1, 0.15) is 50.5 Å². The van der Waals surface area contributed by atoms with Crippen LogP contribution in [-0.4, -0.2) is 16.8 Å². The minimum Gasteiger partial charge on any atom is -0.352 e. The number of carbonyl (C=O) groups excluding carboxylic acids is 1. The van der Waals surface area contributed by atoms with Gasteiger partial charge in [-0.15, -0.1) is 0 Å². The van der Waals surface area contributed by atoms with E-state index in [4.69, 9.17) is 0 Å². The van der Waals surface area contributed by atoms with Gasteiger partial charge in [0.25, 0.3) is 0 Å². The molecule has 1 atom stereocenters. The largest absolute Gasteiger partial charge is 0.352 e. The zero-order valence-corrected chi connectivity index (χ0v) is 13.0. The van der Waals surface area contributed by atoms with Crippen LogP contribution in [0.2, 0.25) is 0 Å². The van der Waals surface area contributed by atoms with Gasteiger partial charge in [0.1, 0.15) is 0 Å². The van der Waals surface area contributed by atoms with E-state index in [9.17, 15) is 4.79 Å². The number of benzene rings is 1. The molecule has 0 saturated heterocycles. The van der Waals surface area contributed by atoms with Gasteiger partial charge in [-0.1, -0.05) is 53.2 Å². The summed E-state index contributed by atoms with van der Waals surface area (Å²) in [5, 5.41) is 3.16. The second-order valence-electron chi connectivity index (χ2n) is 5.34. The van der Waals surface area contributed by atoms with Crippen molar-refractivity contribution in [3.8, 4) is 0 Å². The molecule has 0 aliphatic heterocycles. The first-order valence-electron chi connectivity index (χ1n) is 7.20. The van der Waals surface area contributed by atoms with E-state index in [-0.39, 0.29) is 10.7 Å². The lowest BCUT2D eigenvalue weighted by atomic mass is 9.82. The fraction of sp³-hybridized carbons (Fsp3) is 0.562. The third-order valence-corrected chi connectivity index (χ3v) is 5.05. The van der Waals surface area contributed by atoms with Gasteiger partial charge < -0.3 is 5.32 Å². The Hall–Kier alpha value is -0.830. The second kappa shape index (κ2) is 7.09. The summed E-state index contributed by atoms with van der Waals surface area (Å²) in [6, 6.07) is 11.1. The molecule has 104 valence electrons. The molecule has 0 bridgehead atoms. The first-order chi connectivity index (χ1) is 9.20. The maximum Gasteiger partial charge on any atom is 0.233 e. The predicted molar refractivity (Wildman–Crippen MR) is 82.6 cm³/mol. The Morgan fingerprint density at radius 2 is 1.89 bits per heavy atom. The van der Waals surface area contributed by atoms with Crippen molar-refractivity contribution in [3.05, 3.63) is 35.9 Å². The van der Waals surface area contributed by atoms with Gasteiger partial charge in [0.05, 0.1) is 4.83 Å². The van der Waals surface area contributed by atoms with E-state index < -0.39 is 0 Å². The zero-order chi connectivity index (χ0) is 13.7. The predicted octanol–water partition coefficient (Wildman–Crippen LogP) is 4.00. The molecular formula is C16H22BrNO. The highest BCUT2D eigenvalue weighted by Crippen LogP contribution is 2.32. The average molecular weight is 324 g/mol. The molecule has 1 aliphatic carbocycles. The van der Waals surface area contributed by atoms with Crippen LogP contribution in [-0.2, 0) is 4.79 Å². The number of rotatable bonds is 4. The Balaban J connectivity index is 1.81. The lowest BCUT2D eigenvalue weighted by molar-refractivity contribution is -0.121.